The number of hydrogen-bond acceptors (Lipinski definition) is 8. The van der Waals surface area contributed by atoms with Crippen LogP contribution in [0.3, 0.4) is 0 Å². The van der Waals surface area contributed by atoms with Crippen molar-refractivity contribution in [3.05, 3.63) is 109 Å². The third kappa shape index (κ3) is 42.1. The molecule has 0 aromatic rings. The second-order valence-corrected chi connectivity index (χ2v) is 14.9. The monoisotopic (exact) mass is 814 g/mol. The second kappa shape index (κ2) is 42.3. The number of carbonyl (C=O) groups is 2. The van der Waals surface area contributed by atoms with E-state index in [2.05, 4.69) is 117 Å². The molecule has 0 fully saturated rings. The summed E-state index contributed by atoms with van der Waals surface area (Å²) in [6.07, 6.45) is 55.5. The zero-order chi connectivity index (χ0) is 41.8. The van der Waals surface area contributed by atoms with Gasteiger partial charge >= 0.3 is 19.8 Å². The number of ether oxygens (including phenoxy) is 2. The Morgan fingerprint density at radius 3 is 1.46 bits per heavy atom. The predicted octanol–water partition coefficient (Wildman–Crippen LogP) is 12.4. The highest BCUT2D eigenvalue weighted by Crippen LogP contribution is 2.43. The van der Waals surface area contributed by atoms with E-state index in [9.17, 15) is 19.0 Å². The molecule has 0 aliphatic rings. The highest BCUT2D eigenvalue weighted by atomic mass is 31.2. The minimum absolute atomic E-state index is 0.0331. The van der Waals surface area contributed by atoms with Crippen molar-refractivity contribution in [2.75, 3.05) is 26.4 Å². The molecule has 10 heteroatoms. The van der Waals surface area contributed by atoms with Crippen LogP contribution in [0.2, 0.25) is 0 Å². The van der Waals surface area contributed by atoms with Crippen molar-refractivity contribution in [3.8, 4) is 0 Å². The number of phosphoric acid groups is 1. The van der Waals surface area contributed by atoms with Crippen molar-refractivity contribution in [2.24, 2.45) is 5.73 Å². The Bertz CT molecular complexity index is 1290. The molecule has 0 aromatic heterocycles. The van der Waals surface area contributed by atoms with E-state index in [1.54, 1.807) is 0 Å². The van der Waals surface area contributed by atoms with Crippen LogP contribution in [0.15, 0.2) is 109 Å². The fraction of sp³-hybridized carbons (Fsp3) is 0.574. The third-order valence-corrected chi connectivity index (χ3v) is 9.13. The van der Waals surface area contributed by atoms with Gasteiger partial charge in [0, 0.05) is 19.4 Å². The summed E-state index contributed by atoms with van der Waals surface area (Å²) in [5.74, 6) is -0.946. The predicted molar refractivity (Wildman–Crippen MR) is 238 cm³/mol. The van der Waals surface area contributed by atoms with Crippen LogP contribution < -0.4 is 5.73 Å². The molecule has 0 radical (unpaired) electrons. The molecule has 0 aliphatic carbocycles. The fourth-order valence-corrected chi connectivity index (χ4v) is 5.77. The van der Waals surface area contributed by atoms with Gasteiger partial charge in [0.05, 0.1) is 13.2 Å². The minimum Gasteiger partial charge on any atom is -0.462 e. The number of esters is 2. The summed E-state index contributed by atoms with van der Waals surface area (Å²) in [5, 5.41) is 0. The van der Waals surface area contributed by atoms with Gasteiger partial charge in [-0.2, -0.15) is 0 Å². The normalized spacial score (nSPS) is 14.4. The van der Waals surface area contributed by atoms with E-state index in [1.807, 2.05) is 6.08 Å². The lowest BCUT2D eigenvalue weighted by Crippen LogP contribution is -2.29. The summed E-state index contributed by atoms with van der Waals surface area (Å²) < 4.78 is 32.7. The van der Waals surface area contributed by atoms with E-state index in [0.29, 0.717) is 19.3 Å². The number of phosphoric ester groups is 1. The van der Waals surface area contributed by atoms with Crippen LogP contribution in [-0.4, -0.2) is 49.3 Å². The average Bonchev–Trinajstić information content (AvgIpc) is 3.20. The molecule has 9 nitrogen and oxygen atoms in total. The maximum atomic E-state index is 12.6. The zero-order valence-electron chi connectivity index (χ0n) is 35.3. The molecule has 57 heavy (non-hydrogen) atoms. The van der Waals surface area contributed by atoms with Gasteiger partial charge in [-0.15, -0.1) is 0 Å². The van der Waals surface area contributed by atoms with Crippen LogP contribution >= 0.6 is 7.82 Å². The standard InChI is InChI=1S/C47H76NO8P/c1-3-5-7-9-11-13-15-17-19-21-22-24-25-27-29-31-33-35-37-39-46(49)53-43-45(44-55-57(51,52)54-42-41-48)56-47(50)40-38-36-34-32-30-28-26-23-20-18-16-14-12-10-8-6-4-2/h6,8,11-14,17-20,22,24,26-29,32,34,45H,3-5,7,9-10,15-16,21,23,25,30-31,33,35-44,48H2,1-2H3,(H,51,52)/t45-/m1/s1. The molecule has 1 unspecified atom stereocenters. The van der Waals surface area contributed by atoms with Gasteiger partial charge in [-0.25, -0.2) is 4.57 Å². The molecule has 0 aliphatic heterocycles. The second-order valence-electron chi connectivity index (χ2n) is 13.5. The summed E-state index contributed by atoms with van der Waals surface area (Å²) >= 11 is 0. The maximum Gasteiger partial charge on any atom is 0.472 e. The van der Waals surface area contributed by atoms with Crippen molar-refractivity contribution in [2.45, 2.75) is 148 Å². The highest BCUT2D eigenvalue weighted by Gasteiger charge is 2.25. The molecule has 0 saturated carbocycles. The fourth-order valence-electron chi connectivity index (χ4n) is 5.00. The maximum absolute atomic E-state index is 12.6. The molecule has 0 rings (SSSR count). The van der Waals surface area contributed by atoms with Crippen LogP contribution in [0.25, 0.3) is 0 Å². The van der Waals surface area contributed by atoms with Crippen LogP contribution in [0, 0.1) is 0 Å². The van der Waals surface area contributed by atoms with E-state index in [0.717, 1.165) is 70.6 Å². The van der Waals surface area contributed by atoms with Gasteiger partial charge in [0.25, 0.3) is 0 Å². The van der Waals surface area contributed by atoms with Crippen LogP contribution in [0.1, 0.15) is 142 Å². The SMILES string of the molecule is CCC=CCC=CCC=CCC=CCC=CCCCC(=O)O[C@H](COC(=O)CCCCCC=CCC=CCC=CCC=CCCCCC)COP(=O)(O)OCCN. The van der Waals surface area contributed by atoms with E-state index in [4.69, 9.17) is 24.3 Å². The molecule has 0 bridgehead atoms. The molecule has 0 saturated heterocycles. The van der Waals surface area contributed by atoms with Gasteiger partial charge in [-0.1, -0.05) is 142 Å². The van der Waals surface area contributed by atoms with Gasteiger partial charge in [0.15, 0.2) is 6.10 Å². The first-order chi connectivity index (χ1) is 27.8. The van der Waals surface area contributed by atoms with E-state index in [1.165, 1.54) is 25.7 Å². The Morgan fingerprint density at radius 2 is 0.982 bits per heavy atom. The Labute approximate surface area is 346 Å². The number of rotatable bonds is 38. The van der Waals surface area contributed by atoms with Gasteiger partial charge in [-0.3, -0.25) is 18.6 Å². The van der Waals surface area contributed by atoms with E-state index in [-0.39, 0.29) is 32.6 Å². The lowest BCUT2D eigenvalue weighted by Gasteiger charge is -2.19. The number of allylic oxidation sites excluding steroid dienone is 18. The van der Waals surface area contributed by atoms with Crippen molar-refractivity contribution < 1.29 is 37.6 Å². The Morgan fingerprint density at radius 1 is 0.544 bits per heavy atom. The van der Waals surface area contributed by atoms with Crippen LogP contribution in [0.4, 0.5) is 0 Å². The van der Waals surface area contributed by atoms with Gasteiger partial charge in [0.1, 0.15) is 6.61 Å². The first-order valence-electron chi connectivity index (χ1n) is 21.4. The molecule has 0 spiro atoms. The summed E-state index contributed by atoms with van der Waals surface area (Å²) in [4.78, 5) is 34.8. The zero-order valence-corrected chi connectivity index (χ0v) is 36.2. The smallest absolute Gasteiger partial charge is 0.462 e. The first-order valence-corrected chi connectivity index (χ1v) is 22.9. The third-order valence-electron chi connectivity index (χ3n) is 8.14. The van der Waals surface area contributed by atoms with E-state index >= 15 is 0 Å². The molecule has 0 amide bonds. The van der Waals surface area contributed by atoms with Crippen molar-refractivity contribution in [3.63, 3.8) is 0 Å². The van der Waals surface area contributed by atoms with Gasteiger partial charge in [-0.05, 0) is 96.3 Å². The van der Waals surface area contributed by atoms with Crippen LogP contribution in [-0.2, 0) is 32.7 Å². The van der Waals surface area contributed by atoms with Crippen molar-refractivity contribution in [1.82, 2.24) is 0 Å². The topological polar surface area (TPSA) is 134 Å². The molecule has 322 valence electrons. The largest absolute Gasteiger partial charge is 0.472 e. The van der Waals surface area contributed by atoms with Crippen molar-refractivity contribution in [1.29, 1.82) is 0 Å². The molecular weight excluding hydrogens is 737 g/mol. The van der Waals surface area contributed by atoms with Crippen molar-refractivity contribution >= 4 is 19.8 Å². The lowest BCUT2D eigenvalue weighted by molar-refractivity contribution is -0.161. The minimum atomic E-state index is -4.41. The summed E-state index contributed by atoms with van der Waals surface area (Å²) in [6, 6.07) is 0. The van der Waals surface area contributed by atoms with Crippen LogP contribution in [0.5, 0.6) is 0 Å². The number of hydrogen-bond donors (Lipinski definition) is 2. The summed E-state index contributed by atoms with van der Waals surface area (Å²) in [6.45, 7) is 3.45. The molecule has 0 aromatic carbocycles. The Kier molecular flexibility index (Phi) is 39.8. The molecular formula is C47H76NO8P. The molecule has 2 atom stereocenters. The Balaban J connectivity index is 4.35. The molecule has 0 heterocycles. The summed E-state index contributed by atoms with van der Waals surface area (Å²) in [7, 11) is -4.41. The first kappa shape index (κ1) is 53.7. The number of unbranched alkanes of at least 4 members (excludes halogenated alkanes) is 7. The number of nitrogens with two attached hydrogens (primary N) is 1. The lowest BCUT2D eigenvalue weighted by atomic mass is 10.1. The van der Waals surface area contributed by atoms with Gasteiger partial charge in [0.2, 0.25) is 0 Å². The molecule has 3 N–H and O–H groups in total. The highest BCUT2D eigenvalue weighted by molar-refractivity contribution is 7.47. The van der Waals surface area contributed by atoms with Gasteiger partial charge < -0.3 is 20.1 Å². The average molecular weight is 814 g/mol. The summed E-state index contributed by atoms with van der Waals surface area (Å²) in [5.41, 5.74) is 5.34. The number of carbonyl (C=O) groups excluding carboxylic acids is 2. The van der Waals surface area contributed by atoms with E-state index < -0.39 is 32.5 Å². The Hall–Kier alpha value is -3.33. The quantitative estimate of drug-likeness (QED) is 0.0270.